The average molecular weight is 279 g/mol. The van der Waals surface area contributed by atoms with Crippen LogP contribution in [-0.2, 0) is 11.2 Å². The van der Waals surface area contributed by atoms with Gasteiger partial charge in [-0.3, -0.25) is 0 Å². The first-order chi connectivity index (χ1) is 9.30. The Morgan fingerprint density at radius 2 is 1.90 bits per heavy atom. The van der Waals surface area contributed by atoms with E-state index in [1.54, 1.807) is 0 Å². The molecule has 2 N–H and O–H groups in total. The summed E-state index contributed by atoms with van der Waals surface area (Å²) in [7, 11) is 0. The van der Waals surface area contributed by atoms with Crippen LogP contribution < -0.4 is 5.32 Å². The van der Waals surface area contributed by atoms with Crippen molar-refractivity contribution in [3.8, 4) is 0 Å². The van der Waals surface area contributed by atoms with Gasteiger partial charge in [0.1, 0.15) is 5.60 Å². The molecule has 0 aromatic heterocycles. The highest BCUT2D eigenvalue weighted by Crippen LogP contribution is 2.10. The summed E-state index contributed by atoms with van der Waals surface area (Å²) >= 11 is 0. The topological polar surface area (TPSA) is 58.6 Å². The van der Waals surface area contributed by atoms with Crippen LogP contribution in [-0.4, -0.2) is 30.0 Å². The van der Waals surface area contributed by atoms with Gasteiger partial charge < -0.3 is 15.2 Å². The summed E-state index contributed by atoms with van der Waals surface area (Å²) in [4.78, 5) is 11.6. The zero-order chi connectivity index (χ0) is 15.2. The average Bonchev–Trinajstić information content (AvgIpc) is 2.34. The largest absolute Gasteiger partial charge is 0.444 e. The molecule has 1 aromatic carbocycles. The quantitative estimate of drug-likeness (QED) is 0.871. The maximum atomic E-state index is 11.6. The van der Waals surface area contributed by atoms with Crippen LogP contribution in [0.3, 0.4) is 0 Å². The molecule has 1 unspecified atom stereocenters. The number of benzene rings is 1. The zero-order valence-electron chi connectivity index (χ0n) is 12.8. The van der Waals surface area contributed by atoms with Crippen molar-refractivity contribution in [2.75, 3.05) is 13.2 Å². The monoisotopic (exact) mass is 279 g/mol. The third kappa shape index (κ3) is 6.57. The molecule has 0 bridgehead atoms. The van der Waals surface area contributed by atoms with Crippen LogP contribution in [0.25, 0.3) is 0 Å². The highest BCUT2D eigenvalue weighted by molar-refractivity contribution is 5.67. The third-order valence-corrected chi connectivity index (χ3v) is 2.84. The predicted octanol–water partition coefficient (Wildman–Crippen LogP) is 2.67. The van der Waals surface area contributed by atoms with E-state index >= 15 is 0 Å². The summed E-state index contributed by atoms with van der Waals surface area (Å²) in [5, 5.41) is 12.1. The van der Waals surface area contributed by atoms with Gasteiger partial charge in [-0.25, -0.2) is 4.79 Å². The van der Waals surface area contributed by atoms with Crippen molar-refractivity contribution >= 4 is 6.09 Å². The van der Waals surface area contributed by atoms with Gasteiger partial charge in [0.15, 0.2) is 0 Å². The number of carbonyl (C=O) groups is 1. The van der Waals surface area contributed by atoms with Gasteiger partial charge in [0.05, 0.1) is 0 Å². The van der Waals surface area contributed by atoms with E-state index in [9.17, 15) is 9.90 Å². The summed E-state index contributed by atoms with van der Waals surface area (Å²) < 4.78 is 5.17. The number of amides is 1. The van der Waals surface area contributed by atoms with Gasteiger partial charge in [0.2, 0.25) is 0 Å². The summed E-state index contributed by atoms with van der Waals surface area (Å²) in [6.45, 7) is 7.94. The minimum absolute atomic E-state index is 0.00905. The summed E-state index contributed by atoms with van der Waals surface area (Å²) in [5.74, 6) is -0.00905. The molecule has 0 fully saturated rings. The zero-order valence-corrected chi connectivity index (χ0v) is 12.8. The number of carbonyl (C=O) groups excluding carboxylic acids is 1. The fourth-order valence-electron chi connectivity index (χ4n) is 1.80. The van der Waals surface area contributed by atoms with Crippen molar-refractivity contribution in [1.29, 1.82) is 0 Å². The lowest BCUT2D eigenvalue weighted by Crippen LogP contribution is -2.36. The lowest BCUT2D eigenvalue weighted by atomic mass is 9.99. The van der Waals surface area contributed by atoms with Crippen molar-refractivity contribution in [1.82, 2.24) is 5.32 Å². The van der Waals surface area contributed by atoms with E-state index in [2.05, 4.69) is 5.32 Å². The Balaban J connectivity index is 2.43. The lowest BCUT2D eigenvalue weighted by molar-refractivity contribution is 0.0512. The molecule has 1 atom stereocenters. The molecule has 112 valence electrons. The first kappa shape index (κ1) is 16.5. The Morgan fingerprint density at radius 1 is 1.30 bits per heavy atom. The van der Waals surface area contributed by atoms with Crippen LogP contribution in [0.15, 0.2) is 24.3 Å². The van der Waals surface area contributed by atoms with Gasteiger partial charge in [-0.15, -0.1) is 0 Å². The Morgan fingerprint density at radius 3 is 2.40 bits per heavy atom. The van der Waals surface area contributed by atoms with Crippen LogP contribution in [0.4, 0.5) is 4.79 Å². The molecule has 0 aliphatic heterocycles. The fraction of sp³-hybridized carbons (Fsp3) is 0.562. The molecule has 4 heteroatoms. The molecule has 0 saturated heterocycles. The number of hydrogen-bond acceptors (Lipinski definition) is 3. The highest BCUT2D eigenvalue weighted by atomic mass is 16.6. The van der Waals surface area contributed by atoms with Crippen LogP contribution >= 0.6 is 0 Å². The van der Waals surface area contributed by atoms with Crippen molar-refractivity contribution in [3.63, 3.8) is 0 Å². The summed E-state index contributed by atoms with van der Waals surface area (Å²) in [6, 6.07) is 8.19. The molecule has 1 aromatic rings. The first-order valence-corrected chi connectivity index (χ1v) is 6.93. The maximum Gasteiger partial charge on any atom is 0.407 e. The first-order valence-electron chi connectivity index (χ1n) is 6.93. The van der Waals surface area contributed by atoms with Gasteiger partial charge >= 0.3 is 6.09 Å². The Hall–Kier alpha value is -1.55. The van der Waals surface area contributed by atoms with Crippen molar-refractivity contribution in [2.45, 2.75) is 39.7 Å². The van der Waals surface area contributed by atoms with Crippen molar-refractivity contribution in [2.24, 2.45) is 5.92 Å². The Bertz CT molecular complexity index is 420. The second kappa shape index (κ2) is 7.29. The minimum Gasteiger partial charge on any atom is -0.444 e. The van der Waals surface area contributed by atoms with Crippen LogP contribution in [0.5, 0.6) is 0 Å². The van der Waals surface area contributed by atoms with Gasteiger partial charge in [0.25, 0.3) is 0 Å². The third-order valence-electron chi connectivity index (χ3n) is 2.84. The number of nitrogens with one attached hydrogen (secondary N) is 1. The summed E-state index contributed by atoms with van der Waals surface area (Å²) in [6.07, 6.45) is 0.284. The number of hydrogen-bond donors (Lipinski definition) is 2. The molecule has 0 radical (unpaired) electrons. The fourth-order valence-corrected chi connectivity index (χ4v) is 1.80. The van der Waals surface area contributed by atoms with Crippen LogP contribution in [0.1, 0.15) is 31.9 Å². The standard InChI is InChI=1S/C16H25NO3/c1-12-5-7-13(8-6-12)9-14(11-18)10-17-15(19)20-16(2,3)4/h5-8,14,18H,9-11H2,1-4H3,(H,17,19). The number of aliphatic hydroxyl groups is 1. The van der Waals surface area contributed by atoms with Crippen LogP contribution in [0.2, 0.25) is 0 Å². The van der Waals surface area contributed by atoms with Gasteiger partial charge in [-0.05, 0) is 39.7 Å². The molecule has 0 spiro atoms. The van der Waals surface area contributed by atoms with E-state index in [0.717, 1.165) is 12.0 Å². The molecule has 0 heterocycles. The molecule has 0 aliphatic carbocycles. The molecule has 0 saturated carbocycles. The number of ether oxygens (including phenoxy) is 1. The second-order valence-corrected chi connectivity index (χ2v) is 6.12. The minimum atomic E-state index is -0.504. The highest BCUT2D eigenvalue weighted by Gasteiger charge is 2.17. The molecule has 1 amide bonds. The molecule has 20 heavy (non-hydrogen) atoms. The number of alkyl carbamates (subject to hydrolysis) is 1. The number of aryl methyl sites for hydroxylation is 1. The summed E-state index contributed by atoms with van der Waals surface area (Å²) in [5.41, 5.74) is 1.86. The van der Waals surface area contributed by atoms with E-state index in [4.69, 9.17) is 4.74 Å². The molecule has 0 aliphatic rings. The predicted molar refractivity (Wildman–Crippen MR) is 79.7 cm³/mol. The lowest BCUT2D eigenvalue weighted by Gasteiger charge is -2.21. The van der Waals surface area contributed by atoms with Gasteiger partial charge in [-0.1, -0.05) is 29.8 Å². The smallest absolute Gasteiger partial charge is 0.407 e. The Kier molecular flexibility index (Phi) is 6.02. The molecule has 1 rings (SSSR count). The van der Waals surface area contributed by atoms with Gasteiger partial charge in [0, 0.05) is 19.1 Å². The molecule has 4 nitrogen and oxygen atoms in total. The van der Waals surface area contributed by atoms with E-state index in [0.29, 0.717) is 6.54 Å². The van der Waals surface area contributed by atoms with Crippen molar-refractivity contribution < 1.29 is 14.6 Å². The SMILES string of the molecule is Cc1ccc(CC(CO)CNC(=O)OC(C)(C)C)cc1. The molecular weight excluding hydrogens is 254 g/mol. The van der Waals surface area contributed by atoms with Crippen molar-refractivity contribution in [3.05, 3.63) is 35.4 Å². The number of rotatable bonds is 5. The van der Waals surface area contributed by atoms with E-state index in [1.165, 1.54) is 5.56 Å². The normalized spacial score (nSPS) is 12.8. The molecular formula is C16H25NO3. The second-order valence-electron chi connectivity index (χ2n) is 6.12. The van der Waals surface area contributed by atoms with E-state index in [1.807, 2.05) is 52.0 Å². The Labute approximate surface area is 121 Å². The van der Waals surface area contributed by atoms with E-state index in [-0.39, 0.29) is 12.5 Å². The van der Waals surface area contributed by atoms with Gasteiger partial charge in [-0.2, -0.15) is 0 Å². The number of aliphatic hydroxyl groups excluding tert-OH is 1. The maximum absolute atomic E-state index is 11.6. The van der Waals surface area contributed by atoms with Crippen LogP contribution in [0, 0.1) is 12.8 Å². The van der Waals surface area contributed by atoms with E-state index < -0.39 is 11.7 Å².